The van der Waals surface area contributed by atoms with Gasteiger partial charge in [0, 0.05) is 37.2 Å². The van der Waals surface area contributed by atoms with Crippen molar-refractivity contribution < 1.29 is 24.3 Å². The van der Waals surface area contributed by atoms with Gasteiger partial charge >= 0.3 is 5.97 Å². The van der Waals surface area contributed by atoms with Crippen molar-refractivity contribution in [3.05, 3.63) is 136 Å². The number of aryl methyl sites for hydroxylation is 2. The van der Waals surface area contributed by atoms with Crippen LogP contribution in [0.3, 0.4) is 0 Å². The SMILES string of the molecule is Cc1ccccc1CN(C(=O)CCCCC(=O)NCc1ccc(C(=O)NCc2ccc(C(=O)O)cc2)cc1)c1ccccc1C. The number of hydrogen-bond donors (Lipinski definition) is 3. The van der Waals surface area contributed by atoms with E-state index in [0.717, 1.165) is 33.5 Å². The first-order chi connectivity index (χ1) is 21.7. The minimum atomic E-state index is -0.996. The Kier molecular flexibility index (Phi) is 11.6. The number of carboxylic acid groups (broad SMARTS) is 1. The van der Waals surface area contributed by atoms with Crippen LogP contribution < -0.4 is 15.5 Å². The van der Waals surface area contributed by atoms with Gasteiger partial charge in [0.25, 0.3) is 5.91 Å². The molecule has 8 nitrogen and oxygen atoms in total. The van der Waals surface area contributed by atoms with E-state index < -0.39 is 5.97 Å². The fraction of sp³-hybridized carbons (Fsp3) is 0.243. The molecule has 0 heterocycles. The van der Waals surface area contributed by atoms with Crippen LogP contribution in [0.2, 0.25) is 0 Å². The third-order valence-electron chi connectivity index (χ3n) is 7.70. The van der Waals surface area contributed by atoms with Crippen LogP contribution in [0.15, 0.2) is 97.1 Å². The summed E-state index contributed by atoms with van der Waals surface area (Å²) in [4.78, 5) is 51.2. The first-order valence-corrected chi connectivity index (χ1v) is 15.1. The van der Waals surface area contributed by atoms with E-state index in [2.05, 4.69) is 23.6 Å². The van der Waals surface area contributed by atoms with Gasteiger partial charge < -0.3 is 20.6 Å². The summed E-state index contributed by atoms with van der Waals surface area (Å²) in [5.74, 6) is -1.30. The van der Waals surface area contributed by atoms with Crippen LogP contribution in [0.5, 0.6) is 0 Å². The number of aromatic carboxylic acids is 1. The second-order valence-corrected chi connectivity index (χ2v) is 11.1. The highest BCUT2D eigenvalue weighted by Crippen LogP contribution is 2.24. The Morgan fingerprint density at radius 2 is 1.20 bits per heavy atom. The van der Waals surface area contributed by atoms with Crippen molar-refractivity contribution in [2.75, 3.05) is 4.90 Å². The van der Waals surface area contributed by atoms with Crippen molar-refractivity contribution in [3.63, 3.8) is 0 Å². The predicted molar refractivity (Wildman–Crippen MR) is 175 cm³/mol. The second kappa shape index (κ2) is 16.0. The fourth-order valence-corrected chi connectivity index (χ4v) is 4.94. The Morgan fingerprint density at radius 1 is 0.644 bits per heavy atom. The Labute approximate surface area is 264 Å². The van der Waals surface area contributed by atoms with Gasteiger partial charge in [-0.25, -0.2) is 4.79 Å². The number of unbranched alkanes of at least 4 members (excludes halogenated alkanes) is 1. The molecule has 4 aromatic rings. The number of carbonyl (C=O) groups is 4. The summed E-state index contributed by atoms with van der Waals surface area (Å²) in [5.41, 5.74) is 6.52. The van der Waals surface area contributed by atoms with Crippen molar-refractivity contribution in [3.8, 4) is 0 Å². The van der Waals surface area contributed by atoms with Crippen molar-refractivity contribution >= 4 is 29.4 Å². The zero-order valence-electron chi connectivity index (χ0n) is 25.7. The summed E-state index contributed by atoms with van der Waals surface area (Å²) < 4.78 is 0. The van der Waals surface area contributed by atoms with Crippen LogP contribution in [0, 0.1) is 13.8 Å². The average Bonchev–Trinajstić information content (AvgIpc) is 3.05. The monoisotopic (exact) mass is 605 g/mol. The molecule has 0 atom stereocenters. The summed E-state index contributed by atoms with van der Waals surface area (Å²) in [6, 6.07) is 29.3. The van der Waals surface area contributed by atoms with E-state index >= 15 is 0 Å². The average molecular weight is 606 g/mol. The highest BCUT2D eigenvalue weighted by Gasteiger charge is 2.18. The largest absolute Gasteiger partial charge is 0.478 e. The van der Waals surface area contributed by atoms with Crippen LogP contribution in [0.25, 0.3) is 0 Å². The first kappa shape index (κ1) is 32.7. The first-order valence-electron chi connectivity index (χ1n) is 15.1. The molecule has 3 N–H and O–H groups in total. The molecule has 0 bridgehead atoms. The molecule has 0 spiro atoms. The van der Waals surface area contributed by atoms with Crippen LogP contribution in [0.4, 0.5) is 5.69 Å². The number of amides is 3. The molecule has 0 aliphatic carbocycles. The quantitative estimate of drug-likeness (QED) is 0.145. The molecule has 0 aliphatic rings. The Balaban J connectivity index is 1.19. The molecular formula is C37H39N3O5. The van der Waals surface area contributed by atoms with Gasteiger partial charge in [-0.2, -0.15) is 0 Å². The van der Waals surface area contributed by atoms with Gasteiger partial charge in [0.15, 0.2) is 0 Å². The van der Waals surface area contributed by atoms with Gasteiger partial charge in [0.05, 0.1) is 12.1 Å². The Bertz CT molecular complexity index is 1630. The molecule has 232 valence electrons. The maximum absolute atomic E-state index is 13.4. The molecule has 8 heteroatoms. The topological polar surface area (TPSA) is 116 Å². The molecule has 0 aliphatic heterocycles. The molecule has 4 rings (SSSR count). The minimum Gasteiger partial charge on any atom is -0.478 e. The van der Waals surface area contributed by atoms with Crippen LogP contribution in [-0.4, -0.2) is 28.8 Å². The Morgan fingerprint density at radius 3 is 1.82 bits per heavy atom. The van der Waals surface area contributed by atoms with Crippen molar-refractivity contribution in [1.82, 2.24) is 10.6 Å². The number of benzene rings is 4. The predicted octanol–water partition coefficient (Wildman–Crippen LogP) is 6.34. The summed E-state index contributed by atoms with van der Waals surface area (Å²) in [6.07, 6.45) is 1.88. The van der Waals surface area contributed by atoms with Crippen molar-refractivity contribution in [2.24, 2.45) is 0 Å². The van der Waals surface area contributed by atoms with Crippen molar-refractivity contribution in [1.29, 1.82) is 0 Å². The number of carbonyl (C=O) groups excluding carboxylic acids is 3. The molecule has 0 aromatic heterocycles. The number of nitrogens with one attached hydrogen (secondary N) is 2. The van der Waals surface area contributed by atoms with E-state index in [1.807, 2.05) is 54.3 Å². The lowest BCUT2D eigenvalue weighted by molar-refractivity contribution is -0.122. The van der Waals surface area contributed by atoms with Crippen molar-refractivity contribution in [2.45, 2.75) is 59.2 Å². The maximum Gasteiger partial charge on any atom is 0.335 e. The van der Waals surface area contributed by atoms with Crippen LogP contribution in [0.1, 0.15) is 74.2 Å². The summed E-state index contributed by atoms with van der Waals surface area (Å²) in [5, 5.41) is 14.7. The lowest BCUT2D eigenvalue weighted by Crippen LogP contribution is -2.31. The van der Waals surface area contributed by atoms with Gasteiger partial charge in [-0.3, -0.25) is 14.4 Å². The number of nitrogens with zero attached hydrogens (tertiary/aromatic N) is 1. The molecule has 3 amide bonds. The molecule has 0 unspecified atom stereocenters. The van der Waals surface area contributed by atoms with Gasteiger partial charge in [-0.1, -0.05) is 66.7 Å². The normalized spacial score (nSPS) is 10.6. The molecule has 4 aromatic carbocycles. The van der Waals surface area contributed by atoms with E-state index in [-0.39, 0.29) is 29.8 Å². The number of para-hydroxylation sites is 1. The van der Waals surface area contributed by atoms with E-state index in [1.54, 1.807) is 36.4 Å². The van der Waals surface area contributed by atoms with E-state index in [9.17, 15) is 19.2 Å². The highest BCUT2D eigenvalue weighted by atomic mass is 16.4. The lowest BCUT2D eigenvalue weighted by Gasteiger charge is -2.25. The Hall–Kier alpha value is -5.24. The van der Waals surface area contributed by atoms with E-state index in [4.69, 9.17) is 5.11 Å². The number of carboxylic acids is 1. The third kappa shape index (κ3) is 9.63. The smallest absolute Gasteiger partial charge is 0.335 e. The summed E-state index contributed by atoms with van der Waals surface area (Å²) in [7, 11) is 0. The lowest BCUT2D eigenvalue weighted by atomic mass is 10.1. The van der Waals surface area contributed by atoms with E-state index in [1.165, 1.54) is 12.1 Å². The van der Waals surface area contributed by atoms with Crippen LogP contribution in [-0.2, 0) is 29.2 Å². The fourth-order valence-electron chi connectivity index (χ4n) is 4.94. The number of rotatable bonds is 14. The molecule has 0 saturated heterocycles. The van der Waals surface area contributed by atoms with Gasteiger partial charge in [0.2, 0.25) is 11.8 Å². The van der Waals surface area contributed by atoms with Crippen LogP contribution >= 0.6 is 0 Å². The molecule has 45 heavy (non-hydrogen) atoms. The molecule has 0 saturated carbocycles. The maximum atomic E-state index is 13.4. The standard InChI is InChI=1S/C37H39N3O5/c1-26-9-3-5-11-32(26)25-40(33-12-6-4-10-27(33)2)35(42)14-8-7-13-34(41)38-23-28-15-19-30(20-16-28)36(43)39-24-29-17-21-31(22-18-29)37(44)45/h3-6,9-12,15-22H,7-8,13-14,23-25H2,1-2H3,(H,38,41)(H,39,43)(H,44,45). The second-order valence-electron chi connectivity index (χ2n) is 11.1. The number of hydrogen-bond acceptors (Lipinski definition) is 4. The van der Waals surface area contributed by atoms with Gasteiger partial charge in [0.1, 0.15) is 0 Å². The molecule has 0 fully saturated rings. The summed E-state index contributed by atoms with van der Waals surface area (Å²) >= 11 is 0. The number of anilines is 1. The minimum absolute atomic E-state index is 0.0354. The molecule has 0 radical (unpaired) electrons. The third-order valence-corrected chi connectivity index (χ3v) is 7.70. The highest BCUT2D eigenvalue weighted by molar-refractivity contribution is 5.94. The molecular weight excluding hydrogens is 566 g/mol. The zero-order chi connectivity index (χ0) is 32.2. The van der Waals surface area contributed by atoms with E-state index in [0.29, 0.717) is 44.3 Å². The van der Waals surface area contributed by atoms with Gasteiger partial charge in [-0.05, 0) is 84.8 Å². The van der Waals surface area contributed by atoms with Gasteiger partial charge in [-0.15, -0.1) is 0 Å². The summed E-state index contributed by atoms with van der Waals surface area (Å²) in [6.45, 7) is 5.17. The zero-order valence-corrected chi connectivity index (χ0v) is 25.7.